The Morgan fingerprint density at radius 1 is 1.04 bits per heavy atom. The molecule has 0 bridgehead atoms. The fourth-order valence-corrected chi connectivity index (χ4v) is 4.52. The van der Waals surface area contributed by atoms with E-state index < -0.39 is 0 Å². The van der Waals surface area contributed by atoms with Crippen LogP contribution in [0.15, 0.2) is 42.5 Å². The van der Waals surface area contributed by atoms with Crippen molar-refractivity contribution in [3.63, 3.8) is 0 Å². The van der Waals surface area contributed by atoms with Gasteiger partial charge in [0.25, 0.3) is 5.91 Å². The van der Waals surface area contributed by atoms with Crippen molar-refractivity contribution in [3.8, 4) is 0 Å². The summed E-state index contributed by atoms with van der Waals surface area (Å²) in [6.45, 7) is 7.31. The standard InChI is InChI=1S/C22H24ClN3O2/c1-15-6-7-19(16(2)12-15)26-21(27)14-20(22(26)28)25-10-8-24(9-11-25)18-5-3-4-17(23)13-18/h3-7,12-13,20H,8-11,14H2,1-2H3/p+1/t20-/m1/s1. The number of hydrogen-bond acceptors (Lipinski definition) is 3. The number of halogens is 1. The van der Waals surface area contributed by atoms with Crippen molar-refractivity contribution in [2.75, 3.05) is 36.0 Å². The van der Waals surface area contributed by atoms with E-state index in [0.29, 0.717) is 6.42 Å². The Balaban J connectivity index is 1.46. The Bertz CT molecular complexity index is 922. The van der Waals surface area contributed by atoms with Gasteiger partial charge in [-0.05, 0) is 43.7 Å². The second kappa shape index (κ2) is 7.57. The molecule has 5 nitrogen and oxygen atoms in total. The SMILES string of the molecule is Cc1ccc(N2C(=O)C[C@@H]([NH+]3CCN(c4cccc(Cl)c4)CC3)C2=O)c(C)c1. The van der Waals surface area contributed by atoms with Crippen LogP contribution in [0.3, 0.4) is 0 Å². The molecule has 6 heteroatoms. The summed E-state index contributed by atoms with van der Waals surface area (Å²) in [4.78, 5) is 30.7. The van der Waals surface area contributed by atoms with E-state index in [1.807, 2.05) is 50.2 Å². The monoisotopic (exact) mass is 398 g/mol. The number of anilines is 2. The minimum absolute atomic E-state index is 0.0665. The Kier molecular flexibility index (Phi) is 5.13. The van der Waals surface area contributed by atoms with E-state index in [1.165, 1.54) is 9.80 Å². The van der Waals surface area contributed by atoms with E-state index in [1.54, 1.807) is 0 Å². The van der Waals surface area contributed by atoms with Gasteiger partial charge in [0.05, 0.1) is 38.3 Å². The van der Waals surface area contributed by atoms with Gasteiger partial charge in [-0.3, -0.25) is 9.59 Å². The number of carbonyl (C=O) groups excluding carboxylic acids is 2. The van der Waals surface area contributed by atoms with E-state index in [0.717, 1.165) is 53.7 Å². The molecule has 1 atom stereocenters. The van der Waals surface area contributed by atoms with E-state index >= 15 is 0 Å². The molecule has 0 radical (unpaired) electrons. The Morgan fingerprint density at radius 2 is 1.79 bits per heavy atom. The number of nitrogens with zero attached hydrogens (tertiary/aromatic N) is 2. The molecular formula is C22H25ClN3O2+. The zero-order valence-corrected chi connectivity index (χ0v) is 17.0. The number of benzene rings is 2. The van der Waals surface area contributed by atoms with Gasteiger partial charge in [-0.1, -0.05) is 35.4 Å². The van der Waals surface area contributed by atoms with Gasteiger partial charge >= 0.3 is 0 Å². The van der Waals surface area contributed by atoms with E-state index in [4.69, 9.17) is 11.6 Å². The van der Waals surface area contributed by atoms with E-state index in [2.05, 4.69) is 11.0 Å². The lowest BCUT2D eigenvalue weighted by molar-refractivity contribution is -0.915. The van der Waals surface area contributed by atoms with Gasteiger partial charge in [0, 0.05) is 10.7 Å². The van der Waals surface area contributed by atoms with Crippen molar-refractivity contribution < 1.29 is 14.5 Å². The van der Waals surface area contributed by atoms with E-state index in [9.17, 15) is 9.59 Å². The van der Waals surface area contributed by atoms with Gasteiger partial charge in [0.2, 0.25) is 5.91 Å². The minimum Gasteiger partial charge on any atom is -0.360 e. The van der Waals surface area contributed by atoms with Crippen LogP contribution in [0.1, 0.15) is 17.5 Å². The molecule has 2 heterocycles. The zero-order valence-electron chi connectivity index (χ0n) is 16.2. The highest BCUT2D eigenvalue weighted by Crippen LogP contribution is 2.26. The summed E-state index contributed by atoms with van der Waals surface area (Å²) in [6, 6.07) is 13.4. The number of amides is 2. The first-order chi connectivity index (χ1) is 13.4. The first-order valence-corrected chi connectivity index (χ1v) is 10.1. The first-order valence-electron chi connectivity index (χ1n) is 9.73. The lowest BCUT2D eigenvalue weighted by Gasteiger charge is -2.35. The van der Waals surface area contributed by atoms with Crippen LogP contribution < -0.4 is 14.7 Å². The average Bonchev–Trinajstić information content (AvgIpc) is 2.96. The third-order valence-electron chi connectivity index (χ3n) is 5.81. The predicted octanol–water partition coefficient (Wildman–Crippen LogP) is 1.99. The molecule has 2 aromatic carbocycles. The molecule has 2 fully saturated rings. The molecular weight excluding hydrogens is 374 g/mol. The fraction of sp³-hybridized carbons (Fsp3) is 0.364. The quantitative estimate of drug-likeness (QED) is 0.804. The van der Waals surface area contributed by atoms with Crippen molar-refractivity contribution in [1.82, 2.24) is 0 Å². The molecule has 0 saturated carbocycles. The number of hydrogen-bond donors (Lipinski definition) is 1. The number of nitrogens with one attached hydrogen (secondary N) is 1. The van der Waals surface area contributed by atoms with Crippen molar-refractivity contribution in [2.24, 2.45) is 0 Å². The fourth-order valence-electron chi connectivity index (χ4n) is 4.33. The number of piperazine rings is 1. The van der Waals surface area contributed by atoms with Gasteiger partial charge in [-0.2, -0.15) is 0 Å². The van der Waals surface area contributed by atoms with Crippen LogP contribution in [0.5, 0.6) is 0 Å². The summed E-state index contributed by atoms with van der Waals surface area (Å²) in [5.74, 6) is -0.158. The van der Waals surface area contributed by atoms with Crippen LogP contribution in [0.4, 0.5) is 11.4 Å². The van der Waals surface area contributed by atoms with Crippen molar-refractivity contribution in [2.45, 2.75) is 26.3 Å². The molecule has 2 amide bonds. The van der Waals surface area contributed by atoms with Gasteiger partial charge in [-0.15, -0.1) is 0 Å². The lowest BCUT2D eigenvalue weighted by atomic mass is 10.1. The summed E-state index contributed by atoms with van der Waals surface area (Å²) >= 11 is 6.11. The number of quaternary nitrogens is 1. The molecule has 2 aliphatic heterocycles. The molecule has 0 aliphatic carbocycles. The van der Waals surface area contributed by atoms with Crippen LogP contribution in [0, 0.1) is 13.8 Å². The molecule has 2 aromatic rings. The maximum absolute atomic E-state index is 13.1. The zero-order chi connectivity index (χ0) is 19.8. The average molecular weight is 399 g/mol. The maximum atomic E-state index is 13.1. The van der Waals surface area contributed by atoms with Crippen molar-refractivity contribution in [1.29, 1.82) is 0 Å². The lowest BCUT2D eigenvalue weighted by Crippen LogP contribution is -3.19. The largest absolute Gasteiger partial charge is 0.360 e. The summed E-state index contributed by atoms with van der Waals surface area (Å²) in [5.41, 5.74) is 3.92. The highest BCUT2D eigenvalue weighted by Gasteiger charge is 2.46. The van der Waals surface area contributed by atoms with Gasteiger partial charge in [0.15, 0.2) is 6.04 Å². The third-order valence-corrected chi connectivity index (χ3v) is 6.05. The molecule has 0 spiro atoms. The van der Waals surface area contributed by atoms with Gasteiger partial charge in [0.1, 0.15) is 0 Å². The summed E-state index contributed by atoms with van der Waals surface area (Å²) in [6.07, 6.45) is 0.290. The van der Waals surface area contributed by atoms with Crippen molar-refractivity contribution in [3.05, 3.63) is 58.6 Å². The second-order valence-electron chi connectivity index (χ2n) is 7.74. The van der Waals surface area contributed by atoms with Crippen molar-refractivity contribution >= 4 is 34.8 Å². The van der Waals surface area contributed by atoms with Gasteiger partial charge < -0.3 is 9.80 Å². The minimum atomic E-state index is -0.283. The number of carbonyl (C=O) groups is 2. The maximum Gasteiger partial charge on any atom is 0.292 e. The summed E-state index contributed by atoms with van der Waals surface area (Å²) in [7, 11) is 0. The number of imide groups is 1. The molecule has 2 saturated heterocycles. The molecule has 0 unspecified atom stereocenters. The molecule has 4 rings (SSSR count). The highest BCUT2D eigenvalue weighted by molar-refractivity contribution is 6.30. The van der Waals surface area contributed by atoms with Crippen LogP contribution in [0.25, 0.3) is 0 Å². The Labute approximate surface area is 170 Å². The third kappa shape index (κ3) is 3.52. The van der Waals surface area contributed by atoms with Crippen LogP contribution >= 0.6 is 11.6 Å². The first kappa shape index (κ1) is 19.0. The molecule has 2 aliphatic rings. The van der Waals surface area contributed by atoms with E-state index in [-0.39, 0.29) is 17.9 Å². The molecule has 0 aromatic heterocycles. The van der Waals surface area contributed by atoms with Crippen LogP contribution in [-0.4, -0.2) is 44.0 Å². The molecule has 146 valence electrons. The topological polar surface area (TPSA) is 45.1 Å². The summed E-state index contributed by atoms with van der Waals surface area (Å²) < 4.78 is 0. The highest BCUT2D eigenvalue weighted by atomic mass is 35.5. The smallest absolute Gasteiger partial charge is 0.292 e. The number of aryl methyl sites for hydroxylation is 2. The molecule has 28 heavy (non-hydrogen) atoms. The second-order valence-corrected chi connectivity index (χ2v) is 8.18. The Hall–Kier alpha value is -2.37. The number of rotatable bonds is 3. The molecule has 1 N–H and O–H groups in total. The predicted molar refractivity (Wildman–Crippen MR) is 111 cm³/mol. The normalized spacial score (nSPS) is 20.9. The van der Waals surface area contributed by atoms with Crippen LogP contribution in [-0.2, 0) is 9.59 Å². The van der Waals surface area contributed by atoms with Gasteiger partial charge in [-0.25, -0.2) is 4.90 Å². The Morgan fingerprint density at radius 3 is 2.46 bits per heavy atom. The summed E-state index contributed by atoms with van der Waals surface area (Å²) in [5, 5.41) is 0.730. The van der Waals surface area contributed by atoms with Crippen LogP contribution in [0.2, 0.25) is 5.02 Å².